The number of methoxy groups -OCH3 is 1. The summed E-state index contributed by atoms with van der Waals surface area (Å²) in [6.45, 7) is 4.95. The van der Waals surface area contributed by atoms with Gasteiger partial charge < -0.3 is 30.1 Å². The van der Waals surface area contributed by atoms with Crippen LogP contribution in [0.25, 0.3) is 0 Å². The summed E-state index contributed by atoms with van der Waals surface area (Å²) in [5, 5.41) is 16.6. The minimum atomic E-state index is -0.623. The van der Waals surface area contributed by atoms with Crippen molar-refractivity contribution < 1.29 is 19.4 Å². The largest absolute Gasteiger partial charge is 0.493 e. The van der Waals surface area contributed by atoms with Crippen molar-refractivity contribution in [3.05, 3.63) is 59.7 Å². The van der Waals surface area contributed by atoms with E-state index in [-0.39, 0.29) is 12.6 Å². The van der Waals surface area contributed by atoms with Crippen LogP contribution in [0.15, 0.2) is 48.5 Å². The Morgan fingerprint density at radius 2 is 2.00 bits per heavy atom. The molecule has 1 aliphatic heterocycles. The maximum atomic E-state index is 11.6. The standard InChI is InChI=1S/C24H34N4O4/c1-27(16-19-6-4-3-5-7-19)17-21(29)18-32-23-14-20(8-9-22(23)31-2)15-25-10-12-28-13-11-26-24(28)30/h3-9,14,21,25,29H,10-13,15-18H2,1-2H3,(H,26,30). The van der Waals surface area contributed by atoms with Crippen LogP contribution in [0, 0.1) is 0 Å². The van der Waals surface area contributed by atoms with Crippen molar-refractivity contribution in [1.82, 2.24) is 20.4 Å². The first-order valence-corrected chi connectivity index (χ1v) is 11.0. The van der Waals surface area contributed by atoms with Gasteiger partial charge in [-0.2, -0.15) is 0 Å². The fourth-order valence-corrected chi connectivity index (χ4v) is 3.67. The second-order valence-electron chi connectivity index (χ2n) is 8.03. The van der Waals surface area contributed by atoms with Crippen LogP contribution < -0.4 is 20.1 Å². The summed E-state index contributed by atoms with van der Waals surface area (Å²) in [6, 6.07) is 15.9. The molecule has 0 aromatic heterocycles. The Hall–Kier alpha value is -2.81. The highest BCUT2D eigenvalue weighted by Gasteiger charge is 2.18. The molecule has 1 unspecified atom stereocenters. The SMILES string of the molecule is COc1ccc(CNCCN2CCNC2=O)cc1OCC(O)CN(C)Cc1ccccc1. The number of hydrogen-bond acceptors (Lipinski definition) is 6. The van der Waals surface area contributed by atoms with Gasteiger partial charge in [0.2, 0.25) is 0 Å². The summed E-state index contributed by atoms with van der Waals surface area (Å²) in [6.07, 6.45) is -0.623. The van der Waals surface area contributed by atoms with Crippen LogP contribution in [0.2, 0.25) is 0 Å². The molecule has 1 aliphatic rings. The summed E-state index contributed by atoms with van der Waals surface area (Å²) in [4.78, 5) is 15.4. The molecule has 3 rings (SSSR count). The van der Waals surface area contributed by atoms with Gasteiger partial charge in [-0.1, -0.05) is 36.4 Å². The van der Waals surface area contributed by atoms with Crippen molar-refractivity contribution in [3.63, 3.8) is 0 Å². The number of carbonyl (C=O) groups excluding carboxylic acids is 1. The van der Waals surface area contributed by atoms with Crippen LogP contribution in [0.3, 0.4) is 0 Å². The molecule has 1 fully saturated rings. The normalized spacial score (nSPS) is 14.5. The molecular formula is C24H34N4O4. The van der Waals surface area contributed by atoms with Crippen molar-refractivity contribution in [2.24, 2.45) is 0 Å². The molecule has 0 radical (unpaired) electrons. The lowest BCUT2D eigenvalue weighted by Crippen LogP contribution is -2.34. The smallest absolute Gasteiger partial charge is 0.317 e. The number of benzene rings is 2. The Morgan fingerprint density at radius 1 is 1.19 bits per heavy atom. The van der Waals surface area contributed by atoms with Gasteiger partial charge in [-0.15, -0.1) is 0 Å². The van der Waals surface area contributed by atoms with E-state index in [1.807, 2.05) is 43.4 Å². The van der Waals surface area contributed by atoms with Crippen molar-refractivity contribution >= 4 is 6.03 Å². The topological polar surface area (TPSA) is 86.3 Å². The number of hydrogen-bond donors (Lipinski definition) is 3. The van der Waals surface area contributed by atoms with Gasteiger partial charge in [0.25, 0.3) is 0 Å². The first kappa shape index (κ1) is 23.8. The molecule has 174 valence electrons. The number of carbonyl (C=O) groups is 1. The molecule has 8 heteroatoms. The van der Waals surface area contributed by atoms with Gasteiger partial charge in [0.05, 0.1) is 7.11 Å². The van der Waals surface area contributed by atoms with E-state index in [4.69, 9.17) is 9.47 Å². The van der Waals surface area contributed by atoms with Crippen molar-refractivity contribution in [3.8, 4) is 11.5 Å². The van der Waals surface area contributed by atoms with Crippen LogP contribution in [-0.4, -0.2) is 80.5 Å². The molecule has 2 amide bonds. The van der Waals surface area contributed by atoms with Crippen LogP contribution in [0.4, 0.5) is 4.79 Å². The van der Waals surface area contributed by atoms with Gasteiger partial charge in [-0.25, -0.2) is 4.79 Å². The summed E-state index contributed by atoms with van der Waals surface area (Å²) < 4.78 is 11.3. The maximum Gasteiger partial charge on any atom is 0.317 e. The van der Waals surface area contributed by atoms with Gasteiger partial charge in [0.15, 0.2) is 11.5 Å². The highest BCUT2D eigenvalue weighted by molar-refractivity contribution is 5.76. The maximum absolute atomic E-state index is 11.6. The number of amides is 2. The second kappa shape index (κ2) is 12.3. The lowest BCUT2D eigenvalue weighted by atomic mass is 10.2. The number of likely N-dealkylation sites (N-methyl/N-ethyl adjacent to an activating group) is 1. The fraction of sp³-hybridized carbons (Fsp3) is 0.458. The van der Waals surface area contributed by atoms with E-state index in [0.717, 1.165) is 18.7 Å². The molecule has 8 nitrogen and oxygen atoms in total. The number of aliphatic hydroxyl groups excluding tert-OH is 1. The van der Waals surface area contributed by atoms with E-state index < -0.39 is 6.10 Å². The van der Waals surface area contributed by atoms with Gasteiger partial charge in [0.1, 0.15) is 12.7 Å². The lowest BCUT2D eigenvalue weighted by Gasteiger charge is -2.21. The van der Waals surface area contributed by atoms with Crippen LogP contribution in [0.5, 0.6) is 11.5 Å². The monoisotopic (exact) mass is 442 g/mol. The average molecular weight is 443 g/mol. The third-order valence-corrected chi connectivity index (χ3v) is 5.31. The number of nitrogens with zero attached hydrogens (tertiary/aromatic N) is 2. The first-order valence-electron chi connectivity index (χ1n) is 11.0. The average Bonchev–Trinajstić information content (AvgIpc) is 3.20. The molecular weight excluding hydrogens is 408 g/mol. The summed E-state index contributed by atoms with van der Waals surface area (Å²) in [5.41, 5.74) is 2.25. The zero-order chi connectivity index (χ0) is 22.8. The van der Waals surface area contributed by atoms with E-state index in [2.05, 4.69) is 27.7 Å². The summed E-state index contributed by atoms with van der Waals surface area (Å²) in [7, 11) is 3.58. The van der Waals surface area contributed by atoms with Gasteiger partial charge >= 0.3 is 6.03 Å². The lowest BCUT2D eigenvalue weighted by molar-refractivity contribution is 0.0732. The molecule has 0 spiro atoms. The number of aliphatic hydroxyl groups is 1. The van der Waals surface area contributed by atoms with Crippen molar-refractivity contribution in [1.29, 1.82) is 0 Å². The molecule has 0 bridgehead atoms. The number of ether oxygens (including phenoxy) is 2. The van der Waals surface area contributed by atoms with E-state index in [1.165, 1.54) is 5.56 Å². The van der Waals surface area contributed by atoms with E-state index >= 15 is 0 Å². The highest BCUT2D eigenvalue weighted by atomic mass is 16.5. The van der Waals surface area contributed by atoms with Crippen LogP contribution >= 0.6 is 0 Å². The zero-order valence-electron chi connectivity index (χ0n) is 18.9. The molecule has 0 saturated carbocycles. The van der Waals surface area contributed by atoms with Crippen molar-refractivity contribution in [2.75, 3.05) is 53.5 Å². The Morgan fingerprint density at radius 3 is 2.72 bits per heavy atom. The number of nitrogens with one attached hydrogen (secondary N) is 2. The minimum absolute atomic E-state index is 0.0000882. The Kier molecular flexibility index (Phi) is 9.15. The molecule has 3 N–H and O–H groups in total. The predicted molar refractivity (Wildman–Crippen MR) is 124 cm³/mol. The van der Waals surface area contributed by atoms with E-state index in [1.54, 1.807) is 12.0 Å². The quantitative estimate of drug-likeness (QED) is 0.409. The van der Waals surface area contributed by atoms with E-state index in [0.29, 0.717) is 44.2 Å². The molecule has 32 heavy (non-hydrogen) atoms. The van der Waals surface area contributed by atoms with Gasteiger partial charge in [-0.3, -0.25) is 4.90 Å². The minimum Gasteiger partial charge on any atom is -0.493 e. The van der Waals surface area contributed by atoms with Crippen molar-refractivity contribution in [2.45, 2.75) is 19.2 Å². The van der Waals surface area contributed by atoms with Crippen LogP contribution in [-0.2, 0) is 13.1 Å². The molecule has 2 aromatic rings. The fourth-order valence-electron chi connectivity index (χ4n) is 3.67. The second-order valence-corrected chi connectivity index (χ2v) is 8.03. The highest BCUT2D eigenvalue weighted by Crippen LogP contribution is 2.28. The van der Waals surface area contributed by atoms with Crippen LogP contribution in [0.1, 0.15) is 11.1 Å². The Labute approximate surface area is 190 Å². The number of rotatable bonds is 13. The molecule has 1 heterocycles. The zero-order valence-corrected chi connectivity index (χ0v) is 18.9. The Balaban J connectivity index is 1.44. The summed E-state index contributed by atoms with van der Waals surface area (Å²) >= 11 is 0. The first-order chi connectivity index (χ1) is 15.5. The molecule has 0 aliphatic carbocycles. The molecule has 2 aromatic carbocycles. The van der Waals surface area contributed by atoms with Gasteiger partial charge in [0, 0.05) is 45.8 Å². The number of urea groups is 1. The van der Waals surface area contributed by atoms with E-state index in [9.17, 15) is 9.90 Å². The summed E-state index contributed by atoms with van der Waals surface area (Å²) in [5.74, 6) is 1.24. The molecule has 1 saturated heterocycles. The predicted octanol–water partition coefficient (Wildman–Crippen LogP) is 1.68. The third kappa shape index (κ3) is 7.40. The molecule has 1 atom stereocenters. The third-order valence-electron chi connectivity index (χ3n) is 5.31. The van der Waals surface area contributed by atoms with Gasteiger partial charge in [-0.05, 0) is 30.3 Å². The Bertz CT molecular complexity index is 849.